The maximum atomic E-state index is 11.9. The Morgan fingerprint density at radius 1 is 1.44 bits per heavy atom. The third-order valence-corrected chi connectivity index (χ3v) is 3.32. The van der Waals surface area contributed by atoms with Crippen molar-refractivity contribution in [1.82, 2.24) is 10.2 Å². The Morgan fingerprint density at radius 2 is 2.06 bits per heavy atom. The molecule has 0 fully saturated rings. The zero-order chi connectivity index (χ0) is 13.7. The van der Waals surface area contributed by atoms with Crippen molar-refractivity contribution in [1.29, 1.82) is 0 Å². The second-order valence-electron chi connectivity index (χ2n) is 4.42. The minimum Gasteiger partial charge on any atom is -0.392 e. The molecule has 0 bridgehead atoms. The second-order valence-corrected chi connectivity index (χ2v) is 5.28. The van der Waals surface area contributed by atoms with Crippen LogP contribution in [0.25, 0.3) is 0 Å². The molecule has 0 radical (unpaired) electrons. The molecule has 0 aliphatic carbocycles. The minimum absolute atomic E-state index is 0.0930. The molecule has 2 unspecified atom stereocenters. The van der Waals surface area contributed by atoms with E-state index in [0.717, 1.165) is 10.0 Å². The number of hydrogen-bond acceptors (Lipinski definition) is 2. The van der Waals surface area contributed by atoms with Gasteiger partial charge in [0, 0.05) is 18.1 Å². The summed E-state index contributed by atoms with van der Waals surface area (Å²) in [7, 11) is 1.66. The van der Waals surface area contributed by atoms with Crippen molar-refractivity contribution in [2.24, 2.45) is 0 Å². The molecule has 0 heterocycles. The van der Waals surface area contributed by atoms with Crippen molar-refractivity contribution in [3.8, 4) is 0 Å². The first-order valence-corrected chi connectivity index (χ1v) is 6.65. The van der Waals surface area contributed by atoms with Crippen molar-refractivity contribution in [3.05, 3.63) is 34.3 Å². The third kappa shape index (κ3) is 4.31. The Kier molecular flexibility index (Phi) is 5.62. The van der Waals surface area contributed by atoms with E-state index in [2.05, 4.69) is 21.2 Å². The van der Waals surface area contributed by atoms with Gasteiger partial charge in [0.25, 0.3) is 0 Å². The Balaban J connectivity index is 2.62. The van der Waals surface area contributed by atoms with E-state index in [4.69, 9.17) is 0 Å². The monoisotopic (exact) mass is 314 g/mol. The Hall–Kier alpha value is -1.07. The van der Waals surface area contributed by atoms with Gasteiger partial charge in [-0.25, -0.2) is 4.79 Å². The molecule has 2 amide bonds. The van der Waals surface area contributed by atoms with Crippen LogP contribution in [0, 0.1) is 0 Å². The van der Waals surface area contributed by atoms with E-state index in [-0.39, 0.29) is 12.1 Å². The summed E-state index contributed by atoms with van der Waals surface area (Å²) in [6.45, 7) is 3.89. The standard InChI is InChI=1S/C13H19BrN2O2/c1-9(17)8-16(3)13(18)15-10(2)11-6-4-5-7-12(11)14/h4-7,9-10,17H,8H2,1-3H3,(H,15,18). The van der Waals surface area contributed by atoms with E-state index < -0.39 is 6.10 Å². The fourth-order valence-corrected chi connectivity index (χ4v) is 2.31. The van der Waals surface area contributed by atoms with Gasteiger partial charge in [0.15, 0.2) is 0 Å². The number of urea groups is 1. The molecule has 2 atom stereocenters. The van der Waals surface area contributed by atoms with Gasteiger partial charge in [-0.3, -0.25) is 0 Å². The van der Waals surface area contributed by atoms with Gasteiger partial charge in [-0.15, -0.1) is 0 Å². The third-order valence-electron chi connectivity index (χ3n) is 2.60. The number of amides is 2. The van der Waals surface area contributed by atoms with E-state index >= 15 is 0 Å². The van der Waals surface area contributed by atoms with Crippen LogP contribution in [-0.4, -0.2) is 35.7 Å². The van der Waals surface area contributed by atoms with Gasteiger partial charge in [-0.1, -0.05) is 34.1 Å². The molecule has 5 heteroatoms. The smallest absolute Gasteiger partial charge is 0.317 e. The predicted molar refractivity (Wildman–Crippen MR) is 75.4 cm³/mol. The highest BCUT2D eigenvalue weighted by molar-refractivity contribution is 9.10. The number of halogens is 1. The van der Waals surface area contributed by atoms with Gasteiger partial charge in [-0.05, 0) is 25.5 Å². The highest BCUT2D eigenvalue weighted by Gasteiger charge is 2.15. The quantitative estimate of drug-likeness (QED) is 0.897. The number of benzene rings is 1. The summed E-state index contributed by atoms with van der Waals surface area (Å²) in [6.07, 6.45) is -0.528. The molecule has 18 heavy (non-hydrogen) atoms. The highest BCUT2D eigenvalue weighted by atomic mass is 79.9. The molecule has 1 aromatic rings. The molecular formula is C13H19BrN2O2. The lowest BCUT2D eigenvalue weighted by molar-refractivity contribution is 0.142. The lowest BCUT2D eigenvalue weighted by Gasteiger charge is -2.23. The first-order valence-electron chi connectivity index (χ1n) is 5.86. The molecular weight excluding hydrogens is 296 g/mol. The number of rotatable bonds is 4. The Labute approximate surface area is 116 Å². The van der Waals surface area contributed by atoms with Crippen LogP contribution in [0.2, 0.25) is 0 Å². The predicted octanol–water partition coefficient (Wildman–Crippen LogP) is 2.53. The number of nitrogens with one attached hydrogen (secondary N) is 1. The number of carbonyl (C=O) groups is 1. The molecule has 4 nitrogen and oxygen atoms in total. The zero-order valence-corrected chi connectivity index (χ0v) is 12.4. The summed E-state index contributed by atoms with van der Waals surface area (Å²) in [5, 5.41) is 12.1. The summed E-state index contributed by atoms with van der Waals surface area (Å²) in [4.78, 5) is 13.3. The number of likely N-dealkylation sites (N-methyl/N-ethyl adjacent to an activating group) is 1. The molecule has 0 spiro atoms. The van der Waals surface area contributed by atoms with Crippen molar-refractivity contribution in [3.63, 3.8) is 0 Å². The summed E-state index contributed by atoms with van der Waals surface area (Å²) < 4.78 is 0.968. The van der Waals surface area contributed by atoms with Crippen LogP contribution in [-0.2, 0) is 0 Å². The van der Waals surface area contributed by atoms with Crippen LogP contribution in [0.15, 0.2) is 28.7 Å². The maximum absolute atomic E-state index is 11.9. The molecule has 1 rings (SSSR count). The molecule has 0 aliphatic rings. The van der Waals surface area contributed by atoms with Crippen LogP contribution in [0.3, 0.4) is 0 Å². The number of carbonyl (C=O) groups excluding carboxylic acids is 1. The Morgan fingerprint density at radius 3 is 2.61 bits per heavy atom. The normalized spacial score (nSPS) is 13.8. The summed E-state index contributed by atoms with van der Waals surface area (Å²) in [6, 6.07) is 7.48. The molecule has 1 aromatic carbocycles. The molecule has 0 aliphatic heterocycles. The molecule has 0 saturated heterocycles. The van der Waals surface area contributed by atoms with Gasteiger partial charge in [0.2, 0.25) is 0 Å². The molecule has 0 aromatic heterocycles. The van der Waals surface area contributed by atoms with Crippen molar-refractivity contribution in [2.45, 2.75) is 26.0 Å². The average molecular weight is 315 g/mol. The lowest BCUT2D eigenvalue weighted by Crippen LogP contribution is -2.41. The van der Waals surface area contributed by atoms with E-state index in [1.807, 2.05) is 31.2 Å². The van der Waals surface area contributed by atoms with E-state index in [1.54, 1.807) is 14.0 Å². The maximum Gasteiger partial charge on any atom is 0.317 e. The van der Waals surface area contributed by atoms with Crippen LogP contribution in [0.4, 0.5) is 4.79 Å². The van der Waals surface area contributed by atoms with Crippen molar-refractivity contribution in [2.75, 3.05) is 13.6 Å². The molecule has 0 saturated carbocycles. The van der Waals surface area contributed by atoms with Crippen LogP contribution in [0.1, 0.15) is 25.5 Å². The number of hydrogen-bond donors (Lipinski definition) is 2. The van der Waals surface area contributed by atoms with Gasteiger partial charge in [0.1, 0.15) is 0 Å². The second kappa shape index (κ2) is 6.75. The SMILES string of the molecule is CC(O)CN(C)C(=O)NC(C)c1ccccc1Br. The summed E-state index contributed by atoms with van der Waals surface area (Å²) in [5.41, 5.74) is 1.02. The van der Waals surface area contributed by atoms with Gasteiger partial charge >= 0.3 is 6.03 Å². The molecule has 100 valence electrons. The number of nitrogens with zero attached hydrogens (tertiary/aromatic N) is 1. The average Bonchev–Trinajstić information content (AvgIpc) is 2.28. The Bertz CT molecular complexity index is 410. The summed E-state index contributed by atoms with van der Waals surface area (Å²) >= 11 is 3.46. The van der Waals surface area contributed by atoms with Crippen LogP contribution < -0.4 is 5.32 Å². The topological polar surface area (TPSA) is 52.6 Å². The first-order chi connectivity index (χ1) is 8.41. The number of aliphatic hydroxyl groups excluding tert-OH is 1. The van der Waals surface area contributed by atoms with Gasteiger partial charge in [0.05, 0.1) is 12.1 Å². The van der Waals surface area contributed by atoms with Crippen molar-refractivity contribution >= 4 is 22.0 Å². The van der Waals surface area contributed by atoms with Crippen LogP contribution in [0.5, 0.6) is 0 Å². The minimum atomic E-state index is -0.528. The molecule has 2 N–H and O–H groups in total. The fraction of sp³-hybridized carbons (Fsp3) is 0.462. The van der Waals surface area contributed by atoms with E-state index in [0.29, 0.717) is 6.54 Å². The first kappa shape index (κ1) is 15.0. The highest BCUT2D eigenvalue weighted by Crippen LogP contribution is 2.22. The largest absolute Gasteiger partial charge is 0.392 e. The summed E-state index contributed by atoms with van der Waals surface area (Å²) in [5.74, 6) is 0. The number of aliphatic hydroxyl groups is 1. The van der Waals surface area contributed by atoms with E-state index in [9.17, 15) is 9.90 Å². The lowest BCUT2D eigenvalue weighted by atomic mass is 10.1. The fourth-order valence-electron chi connectivity index (χ4n) is 1.68. The zero-order valence-electron chi connectivity index (χ0n) is 10.9. The van der Waals surface area contributed by atoms with E-state index in [1.165, 1.54) is 4.90 Å². The van der Waals surface area contributed by atoms with Gasteiger partial charge in [-0.2, -0.15) is 0 Å². The van der Waals surface area contributed by atoms with Crippen molar-refractivity contribution < 1.29 is 9.90 Å². The van der Waals surface area contributed by atoms with Crippen LogP contribution >= 0.6 is 15.9 Å². The van der Waals surface area contributed by atoms with Gasteiger partial charge < -0.3 is 15.3 Å².